The van der Waals surface area contributed by atoms with Crippen LogP contribution in [0.1, 0.15) is 0 Å². The molecule has 2 aliphatic heterocycles. The average Bonchev–Trinajstić information content (AvgIpc) is 3.31. The van der Waals surface area contributed by atoms with E-state index in [-0.39, 0.29) is 17.1 Å². The second-order valence-electron chi connectivity index (χ2n) is 4.92. The Morgan fingerprint density at radius 2 is 0.652 bits per heavy atom. The maximum absolute atomic E-state index is 2.99. The van der Waals surface area contributed by atoms with Crippen molar-refractivity contribution in [1.29, 1.82) is 0 Å². The molecule has 0 atom stereocenters. The minimum Gasteiger partial charge on any atom is -0.368 e. The SMILES string of the molecule is C1=CC(=C2C=CNC=C2)C=C1.C1=CC(=C2C=CNC=C2)C=C1.[Fe]. The second-order valence-corrected chi connectivity index (χ2v) is 4.92. The largest absolute Gasteiger partial charge is 0.368 e. The molecule has 2 heterocycles. The molecule has 2 N–H and O–H groups in total. The molecule has 0 bridgehead atoms. The van der Waals surface area contributed by atoms with Crippen LogP contribution >= 0.6 is 0 Å². The summed E-state index contributed by atoms with van der Waals surface area (Å²) >= 11 is 0. The summed E-state index contributed by atoms with van der Waals surface area (Å²) in [5.41, 5.74) is 5.07. The van der Waals surface area contributed by atoms with Crippen molar-refractivity contribution in [2.45, 2.75) is 0 Å². The van der Waals surface area contributed by atoms with E-state index in [1.165, 1.54) is 22.3 Å². The van der Waals surface area contributed by atoms with Crippen molar-refractivity contribution in [3.63, 3.8) is 0 Å². The maximum Gasteiger partial charge on any atom is 0.00106 e. The van der Waals surface area contributed by atoms with Crippen LogP contribution in [0.25, 0.3) is 0 Å². The van der Waals surface area contributed by atoms with E-state index >= 15 is 0 Å². The summed E-state index contributed by atoms with van der Waals surface area (Å²) in [6.45, 7) is 0. The van der Waals surface area contributed by atoms with Gasteiger partial charge in [0.2, 0.25) is 0 Å². The van der Waals surface area contributed by atoms with E-state index in [0.29, 0.717) is 0 Å². The molecule has 0 unspecified atom stereocenters. The van der Waals surface area contributed by atoms with Crippen molar-refractivity contribution in [3.8, 4) is 0 Å². The van der Waals surface area contributed by atoms with Gasteiger partial charge in [-0.15, -0.1) is 0 Å². The van der Waals surface area contributed by atoms with E-state index in [0.717, 1.165) is 0 Å². The molecule has 0 saturated carbocycles. The van der Waals surface area contributed by atoms with Gasteiger partial charge in [0.1, 0.15) is 0 Å². The van der Waals surface area contributed by atoms with Crippen molar-refractivity contribution in [1.82, 2.24) is 10.6 Å². The molecule has 0 aromatic heterocycles. The summed E-state index contributed by atoms with van der Waals surface area (Å²) in [6.07, 6.45) is 32.6. The van der Waals surface area contributed by atoms with Gasteiger partial charge in [0.25, 0.3) is 0 Å². The van der Waals surface area contributed by atoms with E-state index in [9.17, 15) is 0 Å². The molecule has 0 radical (unpaired) electrons. The van der Waals surface area contributed by atoms with Crippen LogP contribution < -0.4 is 10.6 Å². The molecule has 2 nitrogen and oxygen atoms in total. The summed E-state index contributed by atoms with van der Waals surface area (Å²) in [7, 11) is 0. The van der Waals surface area contributed by atoms with E-state index in [4.69, 9.17) is 0 Å². The summed E-state index contributed by atoms with van der Waals surface area (Å²) < 4.78 is 0. The van der Waals surface area contributed by atoms with Crippen molar-refractivity contribution in [2.75, 3.05) is 0 Å². The molecule has 23 heavy (non-hydrogen) atoms. The number of dihydropyridines is 2. The third-order valence-corrected chi connectivity index (χ3v) is 3.43. The Hall–Kier alpha value is -2.48. The van der Waals surface area contributed by atoms with Gasteiger partial charge in [0, 0.05) is 41.9 Å². The van der Waals surface area contributed by atoms with Crippen molar-refractivity contribution >= 4 is 0 Å². The first-order valence-corrected chi connectivity index (χ1v) is 7.30. The molecule has 0 aromatic carbocycles. The topological polar surface area (TPSA) is 24.1 Å². The first kappa shape index (κ1) is 16.9. The van der Waals surface area contributed by atoms with E-state index in [1.807, 2.05) is 49.1 Å². The van der Waals surface area contributed by atoms with Gasteiger partial charge in [-0.05, 0) is 46.6 Å². The summed E-state index contributed by atoms with van der Waals surface area (Å²) in [6, 6.07) is 0. The fourth-order valence-electron chi connectivity index (χ4n) is 2.29. The molecule has 0 fully saturated rings. The average molecular weight is 342 g/mol. The summed E-state index contributed by atoms with van der Waals surface area (Å²) in [5.74, 6) is 0. The number of hydrogen-bond donors (Lipinski definition) is 2. The Balaban J connectivity index is 0.000000160. The smallest absolute Gasteiger partial charge is 0.00106 e. The number of nitrogens with one attached hydrogen (secondary N) is 2. The van der Waals surface area contributed by atoms with Crippen molar-refractivity contribution < 1.29 is 17.1 Å². The molecule has 2 aliphatic carbocycles. The van der Waals surface area contributed by atoms with Crippen LogP contribution in [0.15, 0.2) is 120 Å². The summed E-state index contributed by atoms with van der Waals surface area (Å²) in [5, 5.41) is 5.99. The predicted molar refractivity (Wildman–Crippen MR) is 93.4 cm³/mol. The zero-order valence-electron chi connectivity index (χ0n) is 12.6. The van der Waals surface area contributed by atoms with Crippen LogP contribution in [0, 0.1) is 0 Å². The van der Waals surface area contributed by atoms with Gasteiger partial charge in [-0.1, -0.05) is 48.6 Å². The van der Waals surface area contributed by atoms with Crippen molar-refractivity contribution in [2.24, 2.45) is 0 Å². The Labute approximate surface area is 147 Å². The van der Waals surface area contributed by atoms with Gasteiger partial charge in [-0.25, -0.2) is 0 Å². The van der Waals surface area contributed by atoms with E-state index in [1.54, 1.807) is 0 Å². The minimum atomic E-state index is 0. The van der Waals surface area contributed by atoms with Gasteiger partial charge in [0.15, 0.2) is 0 Å². The molecule has 0 spiro atoms. The minimum absolute atomic E-state index is 0. The van der Waals surface area contributed by atoms with E-state index in [2.05, 4.69) is 59.2 Å². The van der Waals surface area contributed by atoms with Gasteiger partial charge >= 0.3 is 0 Å². The Kier molecular flexibility index (Phi) is 6.49. The molecule has 0 saturated heterocycles. The Morgan fingerprint density at radius 3 is 0.957 bits per heavy atom. The summed E-state index contributed by atoms with van der Waals surface area (Å²) in [4.78, 5) is 0. The van der Waals surface area contributed by atoms with E-state index < -0.39 is 0 Å². The zero-order valence-corrected chi connectivity index (χ0v) is 13.7. The number of hydrogen-bond acceptors (Lipinski definition) is 2. The van der Waals surface area contributed by atoms with Crippen LogP contribution in [0.3, 0.4) is 0 Å². The van der Waals surface area contributed by atoms with Crippen LogP contribution in [-0.2, 0) is 17.1 Å². The predicted octanol–water partition coefficient (Wildman–Crippen LogP) is 4.08. The molecule has 4 rings (SSSR count). The number of allylic oxidation sites excluding steroid dienone is 16. The Morgan fingerprint density at radius 1 is 0.391 bits per heavy atom. The number of rotatable bonds is 0. The van der Waals surface area contributed by atoms with Crippen LogP contribution in [0.4, 0.5) is 0 Å². The third-order valence-electron chi connectivity index (χ3n) is 3.43. The Bertz CT molecular complexity index is 616. The first-order chi connectivity index (χ1) is 10.9. The molecule has 0 amide bonds. The molecule has 4 aliphatic rings. The molecule has 3 heteroatoms. The van der Waals surface area contributed by atoms with Gasteiger partial charge in [-0.2, -0.15) is 0 Å². The van der Waals surface area contributed by atoms with Crippen LogP contribution in [0.5, 0.6) is 0 Å². The second kappa shape index (κ2) is 8.84. The molecule has 116 valence electrons. The molecule has 0 aromatic rings. The van der Waals surface area contributed by atoms with Gasteiger partial charge in [-0.3, -0.25) is 0 Å². The van der Waals surface area contributed by atoms with Crippen molar-refractivity contribution in [3.05, 3.63) is 120 Å². The fraction of sp³-hybridized carbons (Fsp3) is 0. The monoisotopic (exact) mass is 342 g/mol. The van der Waals surface area contributed by atoms with Gasteiger partial charge < -0.3 is 10.6 Å². The van der Waals surface area contributed by atoms with Crippen LogP contribution in [0.2, 0.25) is 0 Å². The maximum atomic E-state index is 2.99. The quantitative estimate of drug-likeness (QED) is 0.649. The normalized spacial score (nSPS) is 18.8. The first-order valence-electron chi connectivity index (χ1n) is 7.30. The van der Waals surface area contributed by atoms with Gasteiger partial charge in [0.05, 0.1) is 0 Å². The zero-order chi connectivity index (χ0) is 15.0. The molecular weight excluding hydrogens is 324 g/mol. The standard InChI is InChI=1S/2C10H9N.Fe/c2*1-2-4-9(3-1)10-5-7-11-8-6-10;/h2*1-8,11H;. The van der Waals surface area contributed by atoms with Crippen LogP contribution in [-0.4, -0.2) is 0 Å². The third kappa shape index (κ3) is 4.75. The fourth-order valence-corrected chi connectivity index (χ4v) is 2.29. The molecular formula is C20H18FeN2.